The van der Waals surface area contributed by atoms with Gasteiger partial charge in [-0.2, -0.15) is 0 Å². The van der Waals surface area contributed by atoms with Gasteiger partial charge < -0.3 is 10.1 Å². The Hall–Kier alpha value is -1.39. The summed E-state index contributed by atoms with van der Waals surface area (Å²) in [6.07, 6.45) is 3.69. The van der Waals surface area contributed by atoms with Crippen molar-refractivity contribution in [2.24, 2.45) is 0 Å². The summed E-state index contributed by atoms with van der Waals surface area (Å²) in [5.74, 6) is 1.47. The van der Waals surface area contributed by atoms with Gasteiger partial charge in [0, 0.05) is 17.3 Å². The Labute approximate surface area is 130 Å². The fourth-order valence-corrected chi connectivity index (χ4v) is 4.18. The number of likely N-dealkylation sites (N-methyl/N-ethyl adjacent to an activating group) is 1. The zero-order valence-corrected chi connectivity index (χ0v) is 13.5. The normalized spacial score (nSPS) is 17.5. The van der Waals surface area contributed by atoms with Crippen molar-refractivity contribution in [3.05, 3.63) is 34.8 Å². The lowest BCUT2D eigenvalue weighted by Gasteiger charge is -2.21. The molecule has 1 atom stereocenters. The van der Waals surface area contributed by atoms with Crippen molar-refractivity contribution in [2.75, 3.05) is 20.2 Å². The van der Waals surface area contributed by atoms with Gasteiger partial charge in [-0.15, -0.1) is 11.3 Å². The van der Waals surface area contributed by atoms with Crippen LogP contribution in [0.25, 0.3) is 10.6 Å². The van der Waals surface area contributed by atoms with Crippen LogP contribution in [0.4, 0.5) is 0 Å². The molecule has 0 spiro atoms. The Kier molecular flexibility index (Phi) is 4.56. The quantitative estimate of drug-likeness (QED) is 0.911. The first kappa shape index (κ1) is 14.5. The predicted molar refractivity (Wildman–Crippen MR) is 88.3 cm³/mol. The van der Waals surface area contributed by atoms with Crippen molar-refractivity contribution >= 4 is 11.3 Å². The summed E-state index contributed by atoms with van der Waals surface area (Å²) in [5, 5.41) is 4.57. The summed E-state index contributed by atoms with van der Waals surface area (Å²) < 4.78 is 5.48. The number of methoxy groups -OCH3 is 1. The standard InChI is InChI=1S/C17H22N2OS/c1-3-18-11-12-7-6-10-15-16(12)19-17(21-15)13-8-4-5-9-14(13)20-2/h4-5,8-9,12,18H,3,6-7,10-11H2,1-2H3. The lowest BCUT2D eigenvalue weighted by atomic mass is 9.91. The van der Waals surface area contributed by atoms with Crippen molar-refractivity contribution in [3.63, 3.8) is 0 Å². The first-order valence-corrected chi connectivity index (χ1v) is 8.48. The highest BCUT2D eigenvalue weighted by Crippen LogP contribution is 2.40. The lowest BCUT2D eigenvalue weighted by molar-refractivity contribution is 0.416. The molecular weight excluding hydrogens is 280 g/mol. The van der Waals surface area contributed by atoms with Crippen molar-refractivity contribution in [2.45, 2.75) is 32.1 Å². The summed E-state index contributed by atoms with van der Waals surface area (Å²) in [7, 11) is 1.72. The van der Waals surface area contributed by atoms with Gasteiger partial charge in [0.2, 0.25) is 0 Å². The van der Waals surface area contributed by atoms with Crippen LogP contribution in [0, 0.1) is 0 Å². The summed E-state index contributed by atoms with van der Waals surface area (Å²) in [4.78, 5) is 6.43. The van der Waals surface area contributed by atoms with Crippen LogP contribution in [-0.2, 0) is 6.42 Å². The van der Waals surface area contributed by atoms with E-state index in [1.165, 1.54) is 29.8 Å². The van der Waals surface area contributed by atoms with Gasteiger partial charge in [0.25, 0.3) is 0 Å². The van der Waals surface area contributed by atoms with Crippen LogP contribution in [0.3, 0.4) is 0 Å². The molecular formula is C17H22N2OS. The molecule has 0 bridgehead atoms. The molecule has 1 aromatic carbocycles. The van der Waals surface area contributed by atoms with Gasteiger partial charge >= 0.3 is 0 Å². The van der Waals surface area contributed by atoms with E-state index in [-0.39, 0.29) is 0 Å². The maximum absolute atomic E-state index is 5.48. The van der Waals surface area contributed by atoms with E-state index in [2.05, 4.69) is 18.3 Å². The number of para-hydroxylation sites is 1. The number of nitrogens with zero attached hydrogens (tertiary/aromatic N) is 1. The highest BCUT2D eigenvalue weighted by molar-refractivity contribution is 7.15. The number of hydrogen-bond acceptors (Lipinski definition) is 4. The van der Waals surface area contributed by atoms with Crippen LogP contribution in [0.5, 0.6) is 5.75 Å². The van der Waals surface area contributed by atoms with Crippen LogP contribution in [0.1, 0.15) is 36.3 Å². The molecule has 1 unspecified atom stereocenters. The van der Waals surface area contributed by atoms with Gasteiger partial charge in [-0.3, -0.25) is 0 Å². The van der Waals surface area contributed by atoms with Crippen molar-refractivity contribution < 1.29 is 4.74 Å². The van der Waals surface area contributed by atoms with E-state index in [0.29, 0.717) is 5.92 Å². The van der Waals surface area contributed by atoms with E-state index in [1.54, 1.807) is 7.11 Å². The van der Waals surface area contributed by atoms with Crippen molar-refractivity contribution in [1.82, 2.24) is 10.3 Å². The number of nitrogens with one attached hydrogen (secondary N) is 1. The molecule has 3 nitrogen and oxygen atoms in total. The number of thiazole rings is 1. The molecule has 4 heteroatoms. The summed E-state index contributed by atoms with van der Waals surface area (Å²) in [6.45, 7) is 4.22. The van der Waals surface area contributed by atoms with Crippen LogP contribution in [-0.4, -0.2) is 25.2 Å². The maximum atomic E-state index is 5.48. The van der Waals surface area contributed by atoms with Gasteiger partial charge in [-0.05, 0) is 37.9 Å². The molecule has 1 aromatic heterocycles. The third-order valence-corrected chi connectivity index (χ3v) is 5.21. The minimum Gasteiger partial charge on any atom is -0.496 e. The third kappa shape index (κ3) is 2.97. The fourth-order valence-electron chi connectivity index (χ4n) is 2.96. The van der Waals surface area contributed by atoms with E-state index in [0.717, 1.165) is 29.4 Å². The molecule has 1 aliphatic carbocycles. The van der Waals surface area contributed by atoms with E-state index in [4.69, 9.17) is 9.72 Å². The second kappa shape index (κ2) is 6.58. The number of hydrogen-bond donors (Lipinski definition) is 1. The molecule has 1 N–H and O–H groups in total. The van der Waals surface area contributed by atoms with Gasteiger partial charge in [0.1, 0.15) is 10.8 Å². The molecule has 2 aromatic rings. The van der Waals surface area contributed by atoms with E-state index in [9.17, 15) is 0 Å². The molecule has 0 amide bonds. The molecule has 0 fully saturated rings. The van der Waals surface area contributed by atoms with Crippen LogP contribution in [0.2, 0.25) is 0 Å². The van der Waals surface area contributed by atoms with Gasteiger partial charge in [0.05, 0.1) is 18.4 Å². The average molecular weight is 302 g/mol. The SMILES string of the molecule is CCNCC1CCCc2sc(-c3ccccc3OC)nc21. The minimum absolute atomic E-state index is 0.563. The van der Waals surface area contributed by atoms with Crippen LogP contribution >= 0.6 is 11.3 Å². The van der Waals surface area contributed by atoms with Gasteiger partial charge in [0.15, 0.2) is 0 Å². The topological polar surface area (TPSA) is 34.1 Å². The second-order valence-corrected chi connectivity index (χ2v) is 6.51. The zero-order valence-electron chi connectivity index (χ0n) is 12.7. The zero-order chi connectivity index (χ0) is 14.7. The van der Waals surface area contributed by atoms with E-state index >= 15 is 0 Å². The average Bonchev–Trinajstić information content (AvgIpc) is 2.97. The highest BCUT2D eigenvalue weighted by Gasteiger charge is 2.25. The van der Waals surface area contributed by atoms with E-state index < -0.39 is 0 Å². The number of aromatic nitrogens is 1. The molecule has 1 aliphatic rings. The lowest BCUT2D eigenvalue weighted by Crippen LogP contribution is -2.23. The fraction of sp³-hybridized carbons (Fsp3) is 0.471. The first-order chi connectivity index (χ1) is 10.3. The largest absolute Gasteiger partial charge is 0.496 e. The Morgan fingerprint density at radius 1 is 1.38 bits per heavy atom. The monoisotopic (exact) mass is 302 g/mol. The van der Waals surface area contributed by atoms with Crippen LogP contribution in [0.15, 0.2) is 24.3 Å². The number of ether oxygens (including phenoxy) is 1. The first-order valence-electron chi connectivity index (χ1n) is 7.67. The van der Waals surface area contributed by atoms with Gasteiger partial charge in [-0.25, -0.2) is 4.98 Å². The minimum atomic E-state index is 0.563. The highest BCUT2D eigenvalue weighted by atomic mass is 32.1. The van der Waals surface area contributed by atoms with Crippen LogP contribution < -0.4 is 10.1 Å². The Balaban J connectivity index is 1.94. The number of benzene rings is 1. The molecule has 1 heterocycles. The Bertz CT molecular complexity index is 609. The Morgan fingerprint density at radius 3 is 3.05 bits per heavy atom. The molecule has 0 aliphatic heterocycles. The summed E-state index contributed by atoms with van der Waals surface area (Å²) in [5.41, 5.74) is 2.43. The van der Waals surface area contributed by atoms with Crippen molar-refractivity contribution in [3.8, 4) is 16.3 Å². The predicted octanol–water partition coefficient (Wildman–Crippen LogP) is 3.85. The molecule has 21 heavy (non-hydrogen) atoms. The number of fused-ring (bicyclic) bond motifs is 1. The smallest absolute Gasteiger partial charge is 0.129 e. The molecule has 0 saturated heterocycles. The summed E-state index contributed by atoms with van der Waals surface area (Å²) >= 11 is 1.84. The summed E-state index contributed by atoms with van der Waals surface area (Å²) in [6, 6.07) is 8.16. The number of rotatable bonds is 5. The van der Waals surface area contributed by atoms with Gasteiger partial charge in [-0.1, -0.05) is 19.1 Å². The number of aryl methyl sites for hydroxylation is 1. The Morgan fingerprint density at radius 2 is 2.24 bits per heavy atom. The molecule has 3 rings (SSSR count). The molecule has 0 saturated carbocycles. The maximum Gasteiger partial charge on any atom is 0.129 e. The third-order valence-electron chi connectivity index (χ3n) is 4.05. The molecule has 112 valence electrons. The molecule has 0 radical (unpaired) electrons. The second-order valence-electron chi connectivity index (χ2n) is 5.42. The van der Waals surface area contributed by atoms with E-state index in [1.807, 2.05) is 29.5 Å². The van der Waals surface area contributed by atoms with Crippen molar-refractivity contribution in [1.29, 1.82) is 0 Å².